The second-order valence-corrected chi connectivity index (χ2v) is 7.92. The van der Waals surface area contributed by atoms with Gasteiger partial charge in [-0.15, -0.1) is 0 Å². The third-order valence-electron chi connectivity index (χ3n) is 4.26. The Labute approximate surface area is 176 Å². The van der Waals surface area contributed by atoms with Gasteiger partial charge in [0.1, 0.15) is 28.4 Å². The molecule has 3 rings (SSSR count). The fraction of sp³-hybridized carbons (Fsp3) is 0.273. The second-order valence-electron chi connectivity index (χ2n) is 7.92. The van der Waals surface area contributed by atoms with Crippen LogP contribution in [0.15, 0.2) is 41.2 Å². The number of nitriles is 1. The number of hydrogen-bond donors (Lipinski definition) is 1. The maximum Gasteiger partial charge on any atom is 0.408 e. The minimum atomic E-state index is -0.871. The van der Waals surface area contributed by atoms with Crippen molar-refractivity contribution in [2.75, 3.05) is 0 Å². The highest BCUT2D eigenvalue weighted by atomic mass is 19.1. The number of amides is 1. The maximum atomic E-state index is 14.4. The number of nitrogens with one attached hydrogen (secondary N) is 1. The van der Waals surface area contributed by atoms with E-state index in [9.17, 15) is 23.6 Å². The number of aromatic nitrogens is 2. The molecule has 9 heteroatoms. The number of ether oxygens (including phenoxy) is 1. The molecule has 2 aromatic carbocycles. The van der Waals surface area contributed by atoms with Crippen molar-refractivity contribution in [1.29, 1.82) is 5.26 Å². The SMILES string of the molecule is CC(NC(=O)OC(C)(C)C)c1nc2cccc(F)c2c(=O)n1-c1cc(F)cc(C#N)c1. The van der Waals surface area contributed by atoms with Crippen LogP contribution >= 0.6 is 0 Å². The van der Waals surface area contributed by atoms with Crippen molar-refractivity contribution in [1.82, 2.24) is 14.9 Å². The summed E-state index contributed by atoms with van der Waals surface area (Å²) in [6, 6.07) is 8.23. The van der Waals surface area contributed by atoms with Gasteiger partial charge in [-0.05, 0) is 58.0 Å². The Morgan fingerprint density at radius 2 is 1.97 bits per heavy atom. The summed E-state index contributed by atoms with van der Waals surface area (Å²) in [6.07, 6.45) is -0.753. The lowest BCUT2D eigenvalue weighted by atomic mass is 10.1. The fourth-order valence-corrected chi connectivity index (χ4v) is 3.06. The van der Waals surface area contributed by atoms with Crippen LogP contribution in [0.2, 0.25) is 0 Å². The Morgan fingerprint density at radius 1 is 1.26 bits per heavy atom. The van der Waals surface area contributed by atoms with Crippen molar-refractivity contribution in [3.8, 4) is 11.8 Å². The Morgan fingerprint density at radius 3 is 2.61 bits per heavy atom. The van der Waals surface area contributed by atoms with E-state index < -0.39 is 34.9 Å². The van der Waals surface area contributed by atoms with Gasteiger partial charge in [0.25, 0.3) is 5.56 Å². The molecular formula is C22H20F2N4O3. The van der Waals surface area contributed by atoms with E-state index in [2.05, 4.69) is 10.3 Å². The normalized spacial score (nSPS) is 12.3. The number of nitrogens with zero attached hydrogens (tertiary/aromatic N) is 3. The smallest absolute Gasteiger partial charge is 0.408 e. The number of benzene rings is 2. The van der Waals surface area contributed by atoms with Crippen molar-refractivity contribution in [3.05, 3.63) is 69.8 Å². The summed E-state index contributed by atoms with van der Waals surface area (Å²) < 4.78 is 34.8. The lowest BCUT2D eigenvalue weighted by Crippen LogP contribution is -2.37. The van der Waals surface area contributed by atoms with Gasteiger partial charge in [-0.2, -0.15) is 5.26 Å². The molecule has 1 amide bonds. The highest BCUT2D eigenvalue weighted by Gasteiger charge is 2.24. The van der Waals surface area contributed by atoms with Gasteiger partial charge in [0.05, 0.1) is 28.9 Å². The number of carbonyl (C=O) groups is 1. The highest BCUT2D eigenvalue weighted by Crippen LogP contribution is 2.21. The summed E-state index contributed by atoms with van der Waals surface area (Å²) in [7, 11) is 0. The van der Waals surface area contributed by atoms with Crippen LogP contribution in [-0.2, 0) is 4.74 Å². The largest absolute Gasteiger partial charge is 0.444 e. The summed E-state index contributed by atoms with van der Waals surface area (Å²) >= 11 is 0. The van der Waals surface area contributed by atoms with Crippen molar-refractivity contribution < 1.29 is 18.3 Å². The average molecular weight is 426 g/mol. The molecule has 1 atom stereocenters. The van der Waals surface area contributed by atoms with Gasteiger partial charge in [-0.25, -0.2) is 18.6 Å². The predicted octanol–water partition coefficient (Wildman–Crippen LogP) is 4.12. The number of rotatable bonds is 3. The zero-order chi connectivity index (χ0) is 22.9. The molecule has 0 aliphatic heterocycles. The van der Waals surface area contributed by atoms with Crippen molar-refractivity contribution >= 4 is 17.0 Å². The van der Waals surface area contributed by atoms with E-state index in [-0.39, 0.29) is 28.0 Å². The standard InChI is InChI=1S/C22H20F2N4O3/c1-12(26-21(30)31-22(2,3)4)19-27-17-7-5-6-16(24)18(17)20(29)28(19)15-9-13(11-25)8-14(23)10-15/h5-10,12H,1-4H3,(H,26,30). The van der Waals surface area contributed by atoms with E-state index in [1.54, 1.807) is 27.7 Å². The Bertz CT molecular complexity index is 1270. The van der Waals surface area contributed by atoms with Gasteiger partial charge in [0.15, 0.2) is 0 Å². The molecule has 1 aromatic heterocycles. The molecule has 1 unspecified atom stereocenters. The first-order valence-electron chi connectivity index (χ1n) is 9.42. The fourth-order valence-electron chi connectivity index (χ4n) is 3.06. The van der Waals surface area contributed by atoms with Crippen LogP contribution in [0.3, 0.4) is 0 Å². The first-order valence-corrected chi connectivity index (χ1v) is 9.42. The van der Waals surface area contributed by atoms with E-state index in [0.717, 1.165) is 22.8 Å². The highest BCUT2D eigenvalue weighted by molar-refractivity contribution is 5.79. The van der Waals surface area contributed by atoms with Crippen LogP contribution in [0.25, 0.3) is 16.6 Å². The molecule has 1 N–H and O–H groups in total. The quantitative estimate of drug-likeness (QED) is 0.680. The molecule has 0 spiro atoms. The molecule has 1 heterocycles. The van der Waals surface area contributed by atoms with Crippen LogP contribution in [0.5, 0.6) is 0 Å². The molecule has 3 aromatic rings. The second kappa shape index (κ2) is 8.14. The molecule has 0 saturated heterocycles. The van der Waals surface area contributed by atoms with Gasteiger partial charge in [0, 0.05) is 0 Å². The lowest BCUT2D eigenvalue weighted by Gasteiger charge is -2.23. The third-order valence-corrected chi connectivity index (χ3v) is 4.26. The van der Waals surface area contributed by atoms with Crippen molar-refractivity contribution in [3.63, 3.8) is 0 Å². The molecule has 160 valence electrons. The number of alkyl carbamates (subject to hydrolysis) is 1. The van der Waals surface area contributed by atoms with Gasteiger partial charge in [-0.3, -0.25) is 9.36 Å². The van der Waals surface area contributed by atoms with E-state index in [1.807, 2.05) is 6.07 Å². The van der Waals surface area contributed by atoms with Gasteiger partial charge in [0.2, 0.25) is 0 Å². The summed E-state index contributed by atoms with van der Waals surface area (Å²) in [5.74, 6) is -1.53. The summed E-state index contributed by atoms with van der Waals surface area (Å²) in [5.41, 5.74) is -1.54. The molecule has 31 heavy (non-hydrogen) atoms. The van der Waals surface area contributed by atoms with Crippen molar-refractivity contribution in [2.45, 2.75) is 39.3 Å². The third kappa shape index (κ3) is 4.69. The summed E-state index contributed by atoms with van der Waals surface area (Å²) in [5, 5.41) is 11.5. The minimum Gasteiger partial charge on any atom is -0.444 e. The first-order chi connectivity index (χ1) is 14.5. The van der Waals surface area contributed by atoms with Crippen LogP contribution in [0, 0.1) is 23.0 Å². The van der Waals surface area contributed by atoms with E-state index in [4.69, 9.17) is 4.74 Å². The lowest BCUT2D eigenvalue weighted by molar-refractivity contribution is 0.0505. The Hall–Kier alpha value is -3.80. The van der Waals surface area contributed by atoms with Gasteiger partial charge in [-0.1, -0.05) is 6.07 Å². The summed E-state index contributed by atoms with van der Waals surface area (Å²) in [4.78, 5) is 29.8. The average Bonchev–Trinajstić information content (AvgIpc) is 2.65. The van der Waals surface area contributed by atoms with Crippen molar-refractivity contribution in [2.24, 2.45) is 0 Å². The van der Waals surface area contributed by atoms with E-state index in [1.165, 1.54) is 18.2 Å². The van der Waals surface area contributed by atoms with Crippen LogP contribution in [-0.4, -0.2) is 21.2 Å². The Balaban J connectivity index is 2.24. The van der Waals surface area contributed by atoms with Gasteiger partial charge < -0.3 is 10.1 Å². The summed E-state index contributed by atoms with van der Waals surface area (Å²) in [6.45, 7) is 6.64. The molecule has 0 fully saturated rings. The molecule has 0 aliphatic rings. The molecule has 7 nitrogen and oxygen atoms in total. The molecule has 0 bridgehead atoms. The molecule has 0 saturated carbocycles. The first kappa shape index (κ1) is 21.9. The number of halogens is 2. The number of hydrogen-bond acceptors (Lipinski definition) is 5. The minimum absolute atomic E-state index is 0.0171. The van der Waals surface area contributed by atoms with Crippen LogP contribution < -0.4 is 10.9 Å². The Kier molecular flexibility index (Phi) is 5.75. The topological polar surface area (TPSA) is 97.0 Å². The maximum absolute atomic E-state index is 14.4. The van der Waals surface area contributed by atoms with E-state index in [0.29, 0.717) is 0 Å². The zero-order valence-electron chi connectivity index (χ0n) is 17.4. The monoisotopic (exact) mass is 426 g/mol. The van der Waals surface area contributed by atoms with Crippen LogP contribution in [0.1, 0.15) is 45.1 Å². The number of fused-ring (bicyclic) bond motifs is 1. The number of carbonyl (C=O) groups excluding carboxylic acids is 1. The van der Waals surface area contributed by atoms with Crippen LogP contribution in [0.4, 0.5) is 13.6 Å². The zero-order valence-corrected chi connectivity index (χ0v) is 17.4. The van der Waals surface area contributed by atoms with E-state index >= 15 is 0 Å². The molecule has 0 aliphatic carbocycles. The molecular weight excluding hydrogens is 406 g/mol. The predicted molar refractivity (Wildman–Crippen MR) is 110 cm³/mol. The molecule has 0 radical (unpaired) electrons. The van der Waals surface area contributed by atoms with Gasteiger partial charge >= 0.3 is 6.09 Å².